The van der Waals surface area contributed by atoms with Crippen molar-refractivity contribution in [3.8, 4) is 11.5 Å². The molecule has 0 unspecified atom stereocenters. The molecule has 0 saturated heterocycles. The summed E-state index contributed by atoms with van der Waals surface area (Å²) in [5, 5.41) is 5.61. The minimum Gasteiger partial charge on any atom is -0.493 e. The lowest BCUT2D eigenvalue weighted by Gasteiger charge is -2.14. The Labute approximate surface area is 223 Å². The van der Waals surface area contributed by atoms with Gasteiger partial charge in [0.1, 0.15) is 12.4 Å². The quantitative estimate of drug-likeness (QED) is 0.170. The van der Waals surface area contributed by atoms with Crippen LogP contribution < -0.4 is 15.0 Å². The molecule has 0 spiro atoms. The molecule has 0 amide bonds. The average Bonchev–Trinajstić information content (AvgIpc) is 2.83. The van der Waals surface area contributed by atoms with Crippen molar-refractivity contribution >= 4 is 67.2 Å². The SMILES string of the molecule is CCc1nc2ccc(Br)cc2c(=O)n1N=Cc1cc(I)c(OCc2ccccc2Cl)c(OC)c1. The second-order valence-electron chi connectivity index (χ2n) is 7.32. The van der Waals surface area contributed by atoms with E-state index in [0.717, 1.165) is 19.2 Å². The zero-order valence-electron chi connectivity index (χ0n) is 18.4. The van der Waals surface area contributed by atoms with Crippen LogP contribution >= 0.6 is 50.1 Å². The van der Waals surface area contributed by atoms with Gasteiger partial charge < -0.3 is 9.47 Å². The van der Waals surface area contributed by atoms with E-state index in [2.05, 4.69) is 48.6 Å². The Balaban J connectivity index is 1.67. The third-order valence-electron chi connectivity index (χ3n) is 5.10. The molecule has 0 aliphatic rings. The summed E-state index contributed by atoms with van der Waals surface area (Å²) < 4.78 is 14.6. The molecule has 6 nitrogen and oxygen atoms in total. The van der Waals surface area contributed by atoms with Crippen LogP contribution in [0.15, 0.2) is 69.0 Å². The maximum absolute atomic E-state index is 13.1. The topological polar surface area (TPSA) is 65.7 Å². The molecule has 9 heteroatoms. The molecular formula is C25H20BrClIN3O3. The second-order valence-corrected chi connectivity index (χ2v) is 9.80. The van der Waals surface area contributed by atoms with Gasteiger partial charge in [0.15, 0.2) is 11.5 Å². The lowest BCUT2D eigenvalue weighted by atomic mass is 10.2. The van der Waals surface area contributed by atoms with Crippen molar-refractivity contribution in [2.45, 2.75) is 20.0 Å². The van der Waals surface area contributed by atoms with Gasteiger partial charge in [0.05, 0.1) is 27.8 Å². The van der Waals surface area contributed by atoms with Gasteiger partial charge in [-0.2, -0.15) is 9.78 Å². The average molecular weight is 653 g/mol. The van der Waals surface area contributed by atoms with Crippen molar-refractivity contribution in [3.05, 3.63) is 95.0 Å². The van der Waals surface area contributed by atoms with Gasteiger partial charge in [0.2, 0.25) is 0 Å². The summed E-state index contributed by atoms with van der Waals surface area (Å²) >= 11 is 11.9. The molecule has 1 heterocycles. The lowest BCUT2D eigenvalue weighted by molar-refractivity contribution is 0.282. The minimum absolute atomic E-state index is 0.222. The molecule has 0 bridgehead atoms. The number of benzene rings is 3. The molecule has 0 aliphatic heterocycles. The zero-order valence-corrected chi connectivity index (χ0v) is 22.9. The van der Waals surface area contributed by atoms with E-state index in [0.29, 0.717) is 46.3 Å². The Kier molecular flexibility index (Phi) is 7.90. The van der Waals surface area contributed by atoms with Gasteiger partial charge >= 0.3 is 0 Å². The molecule has 174 valence electrons. The second kappa shape index (κ2) is 10.9. The van der Waals surface area contributed by atoms with Crippen molar-refractivity contribution in [3.63, 3.8) is 0 Å². The number of hydrogen-bond donors (Lipinski definition) is 0. The minimum atomic E-state index is -0.222. The summed E-state index contributed by atoms with van der Waals surface area (Å²) in [7, 11) is 1.58. The van der Waals surface area contributed by atoms with Crippen LogP contribution in [0, 0.1) is 3.57 Å². The van der Waals surface area contributed by atoms with E-state index in [-0.39, 0.29) is 5.56 Å². The number of aryl methyl sites for hydroxylation is 1. The molecule has 4 aromatic rings. The number of fused-ring (bicyclic) bond motifs is 1. The van der Waals surface area contributed by atoms with E-state index >= 15 is 0 Å². The Hall–Kier alpha value is -2.43. The molecule has 0 fully saturated rings. The van der Waals surface area contributed by atoms with Gasteiger partial charge in [0.25, 0.3) is 5.56 Å². The summed E-state index contributed by atoms with van der Waals surface area (Å²) in [6.45, 7) is 2.25. The highest BCUT2D eigenvalue weighted by Crippen LogP contribution is 2.34. The van der Waals surface area contributed by atoms with E-state index in [1.807, 2.05) is 55.5 Å². The Morgan fingerprint density at radius 1 is 1.21 bits per heavy atom. The standard InChI is InChI=1S/C25H20BrClIN3O3/c1-3-23-30-21-9-8-17(26)12-18(21)25(32)31(23)29-13-15-10-20(28)24(22(11-15)33-2)34-14-16-6-4-5-7-19(16)27/h4-13H,3,14H2,1-2H3. The zero-order chi connectivity index (χ0) is 24.2. The van der Waals surface area contributed by atoms with Crippen LogP contribution in [-0.2, 0) is 13.0 Å². The summed E-state index contributed by atoms with van der Waals surface area (Å²) in [5.74, 6) is 1.75. The molecule has 0 N–H and O–H groups in total. The molecule has 0 saturated carbocycles. The summed E-state index contributed by atoms with van der Waals surface area (Å²) in [6.07, 6.45) is 2.18. The van der Waals surface area contributed by atoms with Crippen LogP contribution in [0.5, 0.6) is 11.5 Å². The predicted octanol–water partition coefficient (Wildman–Crippen LogP) is 6.45. The first kappa shape index (κ1) is 24.7. The smallest absolute Gasteiger partial charge is 0.282 e. The molecule has 0 atom stereocenters. The van der Waals surface area contributed by atoms with Gasteiger partial charge in [-0.25, -0.2) is 4.98 Å². The molecule has 0 radical (unpaired) electrons. The van der Waals surface area contributed by atoms with Crippen LogP contribution in [0.2, 0.25) is 5.02 Å². The van der Waals surface area contributed by atoms with Crippen LogP contribution in [-0.4, -0.2) is 23.0 Å². The predicted molar refractivity (Wildman–Crippen MR) is 148 cm³/mol. The highest BCUT2D eigenvalue weighted by atomic mass is 127. The number of hydrogen-bond acceptors (Lipinski definition) is 5. The van der Waals surface area contributed by atoms with Gasteiger partial charge in [-0.1, -0.05) is 52.7 Å². The molecule has 4 rings (SSSR count). The highest BCUT2D eigenvalue weighted by Gasteiger charge is 2.13. The third kappa shape index (κ3) is 5.29. The van der Waals surface area contributed by atoms with Crippen LogP contribution in [0.25, 0.3) is 10.9 Å². The van der Waals surface area contributed by atoms with Crippen LogP contribution in [0.3, 0.4) is 0 Å². The first-order valence-electron chi connectivity index (χ1n) is 10.4. The fourth-order valence-corrected chi connectivity index (χ4v) is 4.72. The van der Waals surface area contributed by atoms with E-state index < -0.39 is 0 Å². The third-order valence-corrected chi connectivity index (χ3v) is 6.76. The lowest BCUT2D eigenvalue weighted by Crippen LogP contribution is -2.22. The maximum atomic E-state index is 13.1. The van der Waals surface area contributed by atoms with E-state index in [4.69, 9.17) is 21.1 Å². The summed E-state index contributed by atoms with van der Waals surface area (Å²) in [6, 6.07) is 16.7. The number of ether oxygens (including phenoxy) is 2. The van der Waals surface area contributed by atoms with Crippen molar-refractivity contribution in [1.82, 2.24) is 9.66 Å². The van der Waals surface area contributed by atoms with Crippen molar-refractivity contribution in [1.29, 1.82) is 0 Å². The van der Waals surface area contributed by atoms with Gasteiger partial charge in [-0.05, 0) is 64.6 Å². The molecular weight excluding hydrogens is 633 g/mol. The Morgan fingerprint density at radius 2 is 2.00 bits per heavy atom. The number of nitrogens with zero attached hydrogens (tertiary/aromatic N) is 3. The van der Waals surface area contributed by atoms with Crippen LogP contribution in [0.1, 0.15) is 23.9 Å². The normalized spacial score (nSPS) is 11.3. The van der Waals surface area contributed by atoms with Gasteiger partial charge in [-0.3, -0.25) is 4.79 Å². The van der Waals surface area contributed by atoms with Crippen LogP contribution in [0.4, 0.5) is 0 Å². The Morgan fingerprint density at radius 3 is 2.74 bits per heavy atom. The number of aromatic nitrogens is 2. The number of rotatable bonds is 7. The van der Waals surface area contributed by atoms with E-state index in [9.17, 15) is 4.79 Å². The van der Waals surface area contributed by atoms with Gasteiger partial charge in [-0.15, -0.1) is 0 Å². The van der Waals surface area contributed by atoms with Crippen molar-refractivity contribution in [2.24, 2.45) is 5.10 Å². The van der Waals surface area contributed by atoms with E-state index in [1.165, 1.54) is 4.68 Å². The monoisotopic (exact) mass is 651 g/mol. The first-order chi connectivity index (χ1) is 16.4. The number of methoxy groups -OCH3 is 1. The fourth-order valence-electron chi connectivity index (χ4n) is 3.39. The first-order valence-corrected chi connectivity index (χ1v) is 12.7. The fraction of sp³-hybridized carbons (Fsp3) is 0.160. The van der Waals surface area contributed by atoms with E-state index in [1.54, 1.807) is 19.4 Å². The largest absolute Gasteiger partial charge is 0.493 e. The summed E-state index contributed by atoms with van der Waals surface area (Å²) in [4.78, 5) is 17.7. The molecule has 3 aromatic carbocycles. The Bertz CT molecular complexity index is 1460. The maximum Gasteiger partial charge on any atom is 0.282 e. The molecule has 0 aliphatic carbocycles. The van der Waals surface area contributed by atoms with Crippen molar-refractivity contribution in [2.75, 3.05) is 7.11 Å². The molecule has 1 aromatic heterocycles. The highest BCUT2D eigenvalue weighted by molar-refractivity contribution is 14.1. The van der Waals surface area contributed by atoms with Crippen molar-refractivity contribution < 1.29 is 9.47 Å². The molecule has 34 heavy (non-hydrogen) atoms. The van der Waals surface area contributed by atoms with Gasteiger partial charge in [0, 0.05) is 21.5 Å². The number of halogens is 3. The summed E-state index contributed by atoms with van der Waals surface area (Å²) in [5.41, 5.74) is 2.07.